The predicted molar refractivity (Wildman–Crippen MR) is 67.8 cm³/mol. The molecular weight excluding hydrogens is 352 g/mol. The Labute approximate surface area is 140 Å². The van der Waals surface area contributed by atoms with Crippen molar-refractivity contribution in [3.8, 4) is 0 Å². The van der Waals surface area contributed by atoms with Gasteiger partial charge in [-0.15, -0.1) is 0 Å². The monoisotopic (exact) mass is 372 g/mol. The highest BCUT2D eigenvalue weighted by Gasteiger charge is 2.48. The molecule has 25 heavy (non-hydrogen) atoms. The van der Waals surface area contributed by atoms with E-state index in [2.05, 4.69) is 9.68 Å². The molecule has 146 valence electrons. The maximum absolute atomic E-state index is 11.7. The molecule has 0 aromatic rings. The van der Waals surface area contributed by atoms with Gasteiger partial charge < -0.3 is 24.1 Å². The zero-order valence-electron chi connectivity index (χ0n) is 12.9. The number of hydrogen-bond acceptors (Lipinski definition) is 14. The summed E-state index contributed by atoms with van der Waals surface area (Å²) in [5.74, 6) is -0.741. The molecule has 2 aliphatic heterocycles. The molecule has 0 aromatic carbocycles. The highest BCUT2D eigenvalue weighted by Crippen LogP contribution is 2.28. The normalized spacial score (nSPS) is 30.0. The first kappa shape index (κ1) is 20.3. The number of ether oxygens (including phenoxy) is 4. The molecule has 2 rings (SSSR count). The Morgan fingerprint density at radius 1 is 1.08 bits per heavy atom. The number of nitrogens with zero attached hydrogens (tertiary/aromatic N) is 2. The number of fused-ring (bicyclic) bond motifs is 1. The lowest BCUT2D eigenvalue weighted by Crippen LogP contribution is -2.36. The highest BCUT2D eigenvalue weighted by atomic mass is 17.1. The maximum atomic E-state index is 11.7. The zero-order valence-corrected chi connectivity index (χ0v) is 12.9. The molecule has 0 bridgehead atoms. The van der Waals surface area contributed by atoms with Gasteiger partial charge in [0.05, 0.1) is 30.6 Å². The fourth-order valence-electron chi connectivity index (χ4n) is 2.41. The second-order valence-electron chi connectivity index (χ2n) is 5.24. The van der Waals surface area contributed by atoms with E-state index in [0.29, 0.717) is 0 Å². The summed E-state index contributed by atoms with van der Waals surface area (Å²) >= 11 is 0. The van der Waals surface area contributed by atoms with Gasteiger partial charge in [0.25, 0.3) is 0 Å². The van der Waals surface area contributed by atoms with Crippen molar-refractivity contribution in [1.29, 1.82) is 0 Å². The fourth-order valence-corrected chi connectivity index (χ4v) is 2.41. The summed E-state index contributed by atoms with van der Waals surface area (Å²) in [5.41, 5.74) is 0. The average molecular weight is 372 g/mol. The Bertz CT molecular complexity index is 424. The molecule has 14 heteroatoms. The summed E-state index contributed by atoms with van der Waals surface area (Å²) in [4.78, 5) is 20.4. The number of hydrogen-bond donors (Lipinski definition) is 5. The number of carbonyl (C=O) groups is 1. The lowest BCUT2D eigenvalue weighted by Gasteiger charge is -2.19. The van der Waals surface area contributed by atoms with E-state index in [0.717, 1.165) is 0 Å². The second kappa shape index (κ2) is 9.62. The fraction of sp³-hybridized carbons (Fsp3) is 0.909. The Hall–Kier alpha value is -1.01. The Balaban J connectivity index is 1.68. The van der Waals surface area contributed by atoms with Crippen molar-refractivity contribution in [1.82, 2.24) is 10.8 Å². The summed E-state index contributed by atoms with van der Waals surface area (Å²) in [7, 11) is 0. The maximum Gasteiger partial charge on any atom is 0.332 e. The zero-order chi connectivity index (χ0) is 18.4. The third-order valence-corrected chi connectivity index (χ3v) is 3.41. The lowest BCUT2D eigenvalue weighted by molar-refractivity contribution is -0.528. The van der Waals surface area contributed by atoms with Gasteiger partial charge in [-0.2, -0.15) is 0 Å². The molecule has 5 N–H and O–H groups in total. The minimum atomic E-state index is -1.18. The first-order valence-corrected chi connectivity index (χ1v) is 7.20. The number of esters is 1. The summed E-state index contributed by atoms with van der Waals surface area (Å²) in [6.07, 6.45) is -3.69. The van der Waals surface area contributed by atoms with E-state index >= 15 is 0 Å². The van der Waals surface area contributed by atoms with Crippen molar-refractivity contribution in [3.05, 3.63) is 0 Å². The summed E-state index contributed by atoms with van der Waals surface area (Å²) in [6.45, 7) is -1.22. The number of aliphatic hydroxyl groups is 1. The summed E-state index contributed by atoms with van der Waals surface area (Å²) in [5, 5.41) is 42.4. The van der Waals surface area contributed by atoms with Gasteiger partial charge in [0.2, 0.25) is 0 Å². The summed E-state index contributed by atoms with van der Waals surface area (Å²) in [6, 6.07) is 0. The Morgan fingerprint density at radius 3 is 2.48 bits per heavy atom. The number of rotatable bonds is 10. The van der Waals surface area contributed by atoms with Crippen molar-refractivity contribution < 1.29 is 59.4 Å². The molecular formula is C11H20N2O12. The van der Waals surface area contributed by atoms with E-state index in [1.807, 2.05) is 0 Å². The van der Waals surface area contributed by atoms with Gasteiger partial charge in [0.15, 0.2) is 6.10 Å². The van der Waals surface area contributed by atoms with Crippen LogP contribution in [0.3, 0.4) is 0 Å². The van der Waals surface area contributed by atoms with Gasteiger partial charge >= 0.3 is 5.97 Å². The molecule has 2 fully saturated rings. The quantitative estimate of drug-likeness (QED) is 0.200. The SMILES string of the molecule is O=C(COCC(CON(O)O)ON(O)O)O[C@@H]1CO[C@H]2[C@@H]1OC[C@H]2O. The predicted octanol–water partition coefficient (Wildman–Crippen LogP) is -2.53. The molecule has 0 aliphatic carbocycles. The van der Waals surface area contributed by atoms with Crippen LogP contribution in [0.1, 0.15) is 0 Å². The average Bonchev–Trinajstić information content (AvgIpc) is 3.08. The van der Waals surface area contributed by atoms with Crippen LogP contribution in [0, 0.1) is 0 Å². The van der Waals surface area contributed by atoms with Crippen molar-refractivity contribution in [2.45, 2.75) is 30.5 Å². The van der Waals surface area contributed by atoms with Crippen LogP contribution in [0.5, 0.6) is 0 Å². The van der Waals surface area contributed by atoms with Gasteiger partial charge in [-0.1, -0.05) is 0 Å². The minimum absolute atomic E-state index is 0.0878. The minimum Gasteiger partial charge on any atom is -0.455 e. The molecule has 2 saturated heterocycles. The first-order valence-electron chi connectivity index (χ1n) is 7.20. The van der Waals surface area contributed by atoms with Crippen molar-refractivity contribution in [2.24, 2.45) is 0 Å². The van der Waals surface area contributed by atoms with Crippen molar-refractivity contribution in [3.63, 3.8) is 0 Å². The largest absolute Gasteiger partial charge is 0.455 e. The molecule has 0 radical (unpaired) electrons. The molecule has 14 nitrogen and oxygen atoms in total. The van der Waals surface area contributed by atoms with Crippen LogP contribution < -0.4 is 0 Å². The van der Waals surface area contributed by atoms with E-state index in [1.165, 1.54) is 0 Å². The Kier molecular flexibility index (Phi) is 7.81. The van der Waals surface area contributed by atoms with Crippen LogP contribution in [0.25, 0.3) is 0 Å². The van der Waals surface area contributed by atoms with Gasteiger partial charge in [-0.3, -0.25) is 20.8 Å². The van der Waals surface area contributed by atoms with E-state index in [1.54, 1.807) is 0 Å². The second-order valence-corrected chi connectivity index (χ2v) is 5.24. The van der Waals surface area contributed by atoms with Crippen LogP contribution >= 0.6 is 0 Å². The molecule has 0 spiro atoms. The molecule has 0 aromatic heterocycles. The number of carbonyl (C=O) groups excluding carboxylic acids is 1. The van der Waals surface area contributed by atoms with Crippen LogP contribution in [0.15, 0.2) is 0 Å². The van der Waals surface area contributed by atoms with Crippen molar-refractivity contribution >= 4 is 5.97 Å². The van der Waals surface area contributed by atoms with Crippen LogP contribution in [0.4, 0.5) is 0 Å². The molecule has 1 unspecified atom stereocenters. The van der Waals surface area contributed by atoms with Crippen molar-refractivity contribution in [2.75, 3.05) is 33.0 Å². The molecule has 0 amide bonds. The molecule has 5 atom stereocenters. The summed E-state index contributed by atoms with van der Waals surface area (Å²) < 4.78 is 20.7. The van der Waals surface area contributed by atoms with Crippen LogP contribution in [0.2, 0.25) is 0 Å². The smallest absolute Gasteiger partial charge is 0.332 e. The van der Waals surface area contributed by atoms with Gasteiger partial charge in [-0.25, -0.2) is 14.5 Å². The van der Waals surface area contributed by atoms with Gasteiger partial charge in [0.1, 0.15) is 37.6 Å². The highest BCUT2D eigenvalue weighted by molar-refractivity contribution is 5.71. The third kappa shape index (κ3) is 6.33. The molecule has 0 saturated carbocycles. The topological polar surface area (TPSA) is 180 Å². The molecule has 2 aliphatic rings. The molecule has 2 heterocycles. The van der Waals surface area contributed by atoms with E-state index in [9.17, 15) is 9.90 Å². The van der Waals surface area contributed by atoms with Crippen LogP contribution in [-0.4, -0.2) is 106 Å². The van der Waals surface area contributed by atoms with Crippen LogP contribution in [-0.2, 0) is 33.4 Å². The lowest BCUT2D eigenvalue weighted by atomic mass is 10.1. The third-order valence-electron chi connectivity index (χ3n) is 3.41. The first-order chi connectivity index (χ1) is 11.9. The Morgan fingerprint density at radius 2 is 1.80 bits per heavy atom. The van der Waals surface area contributed by atoms with Gasteiger partial charge in [0, 0.05) is 0 Å². The van der Waals surface area contributed by atoms with E-state index in [-0.39, 0.29) is 19.8 Å². The van der Waals surface area contributed by atoms with Gasteiger partial charge in [-0.05, 0) is 0 Å². The van der Waals surface area contributed by atoms with E-state index in [4.69, 9.17) is 39.8 Å². The number of aliphatic hydroxyl groups excluding tert-OH is 1. The standard InChI is InChI=1S/C11H20N2O12/c14-7-3-21-11-8(4-22-10(7)11)24-9(15)5-20-1-6(25-13(18)19)2-23-12(16)17/h6-8,10-11,14,16-19H,1-5H2/t6?,7-,8-,10-,11-/m1/s1. The van der Waals surface area contributed by atoms with E-state index < -0.39 is 60.5 Å².